The Kier molecular flexibility index (Phi) is 8.54. The number of thioether (sulfide) groups is 1. The lowest BCUT2D eigenvalue weighted by atomic mass is 10.1. The normalized spacial score (nSPS) is 15.2. The maximum atomic E-state index is 12.9. The minimum absolute atomic E-state index is 0.0147. The second kappa shape index (κ2) is 12.0. The number of aromatic nitrogens is 3. The Bertz CT molecular complexity index is 1140. The molecule has 1 saturated heterocycles. The highest BCUT2D eigenvalue weighted by molar-refractivity contribution is 7.99. The van der Waals surface area contributed by atoms with Gasteiger partial charge in [0.15, 0.2) is 16.8 Å². The van der Waals surface area contributed by atoms with Crippen molar-refractivity contribution in [3.05, 3.63) is 54.1 Å². The first-order chi connectivity index (χ1) is 17.1. The summed E-state index contributed by atoms with van der Waals surface area (Å²) in [7, 11) is 1.64. The number of hydrogen-bond acceptors (Lipinski definition) is 7. The van der Waals surface area contributed by atoms with E-state index in [2.05, 4.69) is 15.5 Å². The van der Waals surface area contributed by atoms with Crippen LogP contribution in [-0.2, 0) is 16.1 Å². The zero-order valence-corrected chi connectivity index (χ0v) is 20.8. The Morgan fingerprint density at radius 3 is 2.57 bits per heavy atom. The monoisotopic (exact) mass is 494 g/mol. The van der Waals surface area contributed by atoms with Crippen molar-refractivity contribution in [3.63, 3.8) is 0 Å². The van der Waals surface area contributed by atoms with Crippen LogP contribution in [0.5, 0.6) is 5.75 Å². The SMILES string of the molecule is CCCC(=O)Nc1ccc(C(=O)CSc2nnc(-c3ccc(OC)cc3)n2CC2CCCO2)cc1. The number of ketones is 1. The van der Waals surface area contributed by atoms with Crippen LogP contribution < -0.4 is 10.1 Å². The number of carbonyl (C=O) groups is 2. The van der Waals surface area contributed by atoms with E-state index in [1.807, 2.05) is 35.8 Å². The molecule has 1 amide bonds. The van der Waals surface area contributed by atoms with E-state index >= 15 is 0 Å². The molecule has 8 nitrogen and oxygen atoms in total. The number of methoxy groups -OCH3 is 1. The smallest absolute Gasteiger partial charge is 0.224 e. The van der Waals surface area contributed by atoms with Crippen molar-refractivity contribution in [1.82, 2.24) is 14.8 Å². The van der Waals surface area contributed by atoms with Crippen LogP contribution in [0.4, 0.5) is 5.69 Å². The quantitative estimate of drug-likeness (QED) is 0.301. The van der Waals surface area contributed by atoms with Gasteiger partial charge in [0.1, 0.15) is 5.75 Å². The molecule has 1 aromatic heterocycles. The number of anilines is 1. The first-order valence-electron chi connectivity index (χ1n) is 11.8. The number of rotatable bonds is 11. The van der Waals surface area contributed by atoms with Gasteiger partial charge in [-0.1, -0.05) is 18.7 Å². The highest BCUT2D eigenvalue weighted by Crippen LogP contribution is 2.28. The fraction of sp³-hybridized carbons (Fsp3) is 0.385. The summed E-state index contributed by atoms with van der Waals surface area (Å²) in [4.78, 5) is 24.6. The third-order valence-corrected chi connectivity index (χ3v) is 6.74. The number of benzene rings is 2. The molecule has 0 saturated carbocycles. The minimum atomic E-state index is -0.0274. The predicted molar refractivity (Wildman–Crippen MR) is 136 cm³/mol. The van der Waals surface area contributed by atoms with Gasteiger partial charge in [0.05, 0.1) is 25.5 Å². The second-order valence-electron chi connectivity index (χ2n) is 8.37. The summed E-state index contributed by atoms with van der Waals surface area (Å²) in [5.41, 5.74) is 2.20. The largest absolute Gasteiger partial charge is 0.497 e. The summed E-state index contributed by atoms with van der Waals surface area (Å²) >= 11 is 1.37. The average molecular weight is 495 g/mol. The van der Waals surface area contributed by atoms with Crippen LogP contribution in [0.3, 0.4) is 0 Å². The third-order valence-electron chi connectivity index (χ3n) is 5.78. The van der Waals surface area contributed by atoms with E-state index in [-0.39, 0.29) is 23.5 Å². The molecule has 4 rings (SSSR count). The van der Waals surface area contributed by atoms with Gasteiger partial charge in [-0.3, -0.25) is 14.2 Å². The minimum Gasteiger partial charge on any atom is -0.497 e. The van der Waals surface area contributed by atoms with E-state index in [9.17, 15) is 9.59 Å². The fourth-order valence-corrected chi connectivity index (χ4v) is 4.75. The molecule has 1 atom stereocenters. The van der Waals surface area contributed by atoms with E-state index in [1.54, 1.807) is 31.4 Å². The van der Waals surface area contributed by atoms with Gasteiger partial charge in [-0.2, -0.15) is 0 Å². The average Bonchev–Trinajstić information content (AvgIpc) is 3.53. The van der Waals surface area contributed by atoms with Crippen LogP contribution in [0.25, 0.3) is 11.4 Å². The van der Waals surface area contributed by atoms with Crippen LogP contribution >= 0.6 is 11.8 Å². The maximum Gasteiger partial charge on any atom is 0.224 e. The van der Waals surface area contributed by atoms with Crippen molar-refractivity contribution in [2.45, 2.75) is 50.4 Å². The molecule has 1 fully saturated rings. The lowest BCUT2D eigenvalue weighted by molar-refractivity contribution is -0.116. The summed E-state index contributed by atoms with van der Waals surface area (Å²) < 4.78 is 13.2. The van der Waals surface area contributed by atoms with Gasteiger partial charge in [-0.25, -0.2) is 0 Å². The topological polar surface area (TPSA) is 95.3 Å². The molecule has 0 aliphatic carbocycles. The summed E-state index contributed by atoms with van der Waals surface area (Å²) in [6.45, 7) is 3.36. The van der Waals surface area contributed by atoms with E-state index < -0.39 is 0 Å². The van der Waals surface area contributed by atoms with E-state index in [0.717, 1.165) is 43.0 Å². The summed E-state index contributed by atoms with van der Waals surface area (Å²) in [5.74, 6) is 1.70. The molecular formula is C26H30N4O4S. The Labute approximate surface area is 209 Å². The van der Waals surface area contributed by atoms with Crippen molar-refractivity contribution >= 4 is 29.1 Å². The Morgan fingerprint density at radius 2 is 1.91 bits per heavy atom. The number of nitrogens with zero attached hydrogens (tertiary/aromatic N) is 3. The van der Waals surface area contributed by atoms with Gasteiger partial charge in [-0.15, -0.1) is 10.2 Å². The molecule has 1 N–H and O–H groups in total. The molecule has 184 valence electrons. The second-order valence-corrected chi connectivity index (χ2v) is 9.31. The summed E-state index contributed by atoms with van der Waals surface area (Å²) in [6, 6.07) is 14.7. The molecular weight excluding hydrogens is 464 g/mol. The molecule has 9 heteroatoms. The summed E-state index contributed by atoms with van der Waals surface area (Å²) in [5, 5.41) is 12.4. The van der Waals surface area contributed by atoms with Crippen molar-refractivity contribution in [2.24, 2.45) is 0 Å². The Morgan fingerprint density at radius 1 is 1.14 bits per heavy atom. The molecule has 0 radical (unpaired) electrons. The zero-order chi connectivity index (χ0) is 24.6. The molecule has 1 aliphatic heterocycles. The number of ether oxygens (including phenoxy) is 2. The maximum absolute atomic E-state index is 12.9. The van der Waals surface area contributed by atoms with Crippen molar-refractivity contribution in [1.29, 1.82) is 0 Å². The third kappa shape index (κ3) is 6.49. The van der Waals surface area contributed by atoms with Gasteiger partial charge in [-0.05, 0) is 67.8 Å². The molecule has 0 spiro atoms. The van der Waals surface area contributed by atoms with E-state index in [0.29, 0.717) is 29.4 Å². The molecule has 2 heterocycles. The van der Waals surface area contributed by atoms with Crippen molar-refractivity contribution in [3.8, 4) is 17.1 Å². The zero-order valence-electron chi connectivity index (χ0n) is 20.0. The molecule has 2 aromatic carbocycles. The lowest BCUT2D eigenvalue weighted by Crippen LogP contribution is -2.17. The van der Waals surface area contributed by atoms with Crippen molar-refractivity contribution in [2.75, 3.05) is 24.8 Å². The number of carbonyl (C=O) groups excluding carboxylic acids is 2. The number of hydrogen-bond donors (Lipinski definition) is 1. The lowest BCUT2D eigenvalue weighted by Gasteiger charge is -2.15. The molecule has 1 unspecified atom stereocenters. The van der Waals surface area contributed by atoms with Crippen LogP contribution in [0.2, 0.25) is 0 Å². The van der Waals surface area contributed by atoms with E-state index in [1.165, 1.54) is 11.8 Å². The fourth-order valence-electron chi connectivity index (χ4n) is 3.91. The number of amides is 1. The molecule has 1 aliphatic rings. The Balaban J connectivity index is 1.46. The Hall–Kier alpha value is -3.17. The van der Waals surface area contributed by atoms with Gasteiger partial charge >= 0.3 is 0 Å². The standard InChI is InChI=1S/C26H30N4O4S/c1-3-5-24(32)27-20-11-7-18(8-12-20)23(31)17-35-26-29-28-25(19-9-13-21(33-2)14-10-19)30(26)16-22-6-4-15-34-22/h7-14,22H,3-6,15-17H2,1-2H3,(H,27,32). The first kappa shape index (κ1) is 24.9. The summed E-state index contributed by atoms with van der Waals surface area (Å²) in [6.07, 6.45) is 3.40. The predicted octanol–water partition coefficient (Wildman–Crippen LogP) is 4.85. The van der Waals surface area contributed by atoms with Gasteiger partial charge in [0, 0.05) is 29.8 Å². The van der Waals surface area contributed by atoms with Crippen LogP contribution in [0.1, 0.15) is 43.0 Å². The number of nitrogens with one attached hydrogen (secondary N) is 1. The number of Topliss-reactive ketones (excluding diaryl/α,β-unsaturated/α-hetero) is 1. The molecule has 0 bridgehead atoms. The highest BCUT2D eigenvalue weighted by atomic mass is 32.2. The molecule has 35 heavy (non-hydrogen) atoms. The molecule has 3 aromatic rings. The van der Waals surface area contributed by atoms with Crippen LogP contribution in [-0.4, -0.2) is 52.0 Å². The van der Waals surface area contributed by atoms with Crippen LogP contribution in [0, 0.1) is 0 Å². The van der Waals surface area contributed by atoms with Crippen LogP contribution in [0.15, 0.2) is 53.7 Å². The first-order valence-corrected chi connectivity index (χ1v) is 12.8. The van der Waals surface area contributed by atoms with Crippen molar-refractivity contribution < 1.29 is 19.1 Å². The van der Waals surface area contributed by atoms with Gasteiger partial charge in [0.25, 0.3) is 0 Å². The highest BCUT2D eigenvalue weighted by Gasteiger charge is 2.22. The van der Waals surface area contributed by atoms with Gasteiger partial charge < -0.3 is 14.8 Å². The van der Waals surface area contributed by atoms with E-state index in [4.69, 9.17) is 9.47 Å². The van der Waals surface area contributed by atoms with Gasteiger partial charge in [0.2, 0.25) is 5.91 Å².